The van der Waals surface area contributed by atoms with Crippen molar-refractivity contribution < 1.29 is 19.2 Å². The molecule has 2 heterocycles. The molecule has 2 aliphatic rings. The van der Waals surface area contributed by atoms with Gasteiger partial charge < -0.3 is 19.9 Å². The number of hydrogen-bond donors (Lipinski definition) is 1. The summed E-state index contributed by atoms with van der Waals surface area (Å²) in [6.07, 6.45) is 2.42. The van der Waals surface area contributed by atoms with Crippen molar-refractivity contribution in [3.05, 3.63) is 58.1 Å². The predicted molar refractivity (Wildman–Crippen MR) is 120 cm³/mol. The Morgan fingerprint density at radius 2 is 1.88 bits per heavy atom. The number of nitrogens with zero attached hydrogens (tertiary/aromatic N) is 3. The molecular formula is C23H26N4O5. The van der Waals surface area contributed by atoms with E-state index in [1.54, 1.807) is 19.1 Å². The van der Waals surface area contributed by atoms with Crippen molar-refractivity contribution in [2.24, 2.45) is 0 Å². The van der Waals surface area contributed by atoms with E-state index in [1.807, 2.05) is 28.0 Å². The standard InChI is InChI=1S/C23H26N4O5/c1-16-17(8-7-10-18(16)27(30)31)24-22(28)15-26-14-21(23(29)25-12-5-2-6-13-25)32-20-11-4-3-9-19(20)26/h3-4,7-11,21H,2,5-6,12-15H2,1H3,(H,24,28). The average Bonchev–Trinajstić information content (AvgIpc) is 2.80. The third-order valence-electron chi connectivity index (χ3n) is 5.92. The zero-order valence-electron chi connectivity index (χ0n) is 18.0. The molecule has 2 aromatic rings. The first kappa shape index (κ1) is 21.6. The number of hydrogen-bond acceptors (Lipinski definition) is 6. The molecule has 2 aliphatic heterocycles. The first-order chi connectivity index (χ1) is 15.4. The molecule has 4 rings (SSSR count). The van der Waals surface area contributed by atoms with E-state index in [1.165, 1.54) is 12.1 Å². The van der Waals surface area contributed by atoms with Crippen LogP contribution >= 0.6 is 0 Å². The molecule has 1 fully saturated rings. The van der Waals surface area contributed by atoms with Crippen LogP contribution in [0.3, 0.4) is 0 Å². The number of fused-ring (bicyclic) bond motifs is 1. The minimum absolute atomic E-state index is 0.00765. The number of benzene rings is 2. The highest BCUT2D eigenvalue weighted by Gasteiger charge is 2.34. The van der Waals surface area contributed by atoms with Gasteiger partial charge in [-0.15, -0.1) is 0 Å². The fraction of sp³-hybridized carbons (Fsp3) is 0.391. The highest BCUT2D eigenvalue weighted by molar-refractivity contribution is 5.96. The minimum Gasteiger partial charge on any atom is -0.477 e. The quantitative estimate of drug-likeness (QED) is 0.568. The van der Waals surface area contributed by atoms with Crippen molar-refractivity contribution >= 4 is 28.9 Å². The number of nitrogens with one attached hydrogen (secondary N) is 1. The van der Waals surface area contributed by atoms with Crippen LogP contribution in [0.4, 0.5) is 17.1 Å². The van der Waals surface area contributed by atoms with Crippen molar-refractivity contribution in [1.82, 2.24) is 4.90 Å². The second-order valence-corrected chi connectivity index (χ2v) is 8.10. The second-order valence-electron chi connectivity index (χ2n) is 8.10. The van der Waals surface area contributed by atoms with E-state index in [-0.39, 0.29) is 30.6 Å². The van der Waals surface area contributed by atoms with Crippen LogP contribution in [0.5, 0.6) is 5.75 Å². The normalized spacial score (nSPS) is 17.8. The number of anilines is 2. The predicted octanol–water partition coefficient (Wildman–Crippen LogP) is 3.12. The number of rotatable bonds is 5. The third kappa shape index (κ3) is 4.51. The Labute approximate surface area is 186 Å². The summed E-state index contributed by atoms with van der Waals surface area (Å²) in [4.78, 5) is 40.3. The number of nitro groups is 1. The number of para-hydroxylation sites is 2. The number of piperidine rings is 1. The maximum atomic E-state index is 13.0. The Hall–Kier alpha value is -3.62. The summed E-state index contributed by atoms with van der Waals surface area (Å²) < 4.78 is 6.00. The molecule has 0 bridgehead atoms. The van der Waals surface area contributed by atoms with Gasteiger partial charge in [-0.3, -0.25) is 19.7 Å². The van der Waals surface area contributed by atoms with Gasteiger partial charge in [-0.1, -0.05) is 18.2 Å². The van der Waals surface area contributed by atoms with Gasteiger partial charge >= 0.3 is 0 Å². The molecule has 9 nitrogen and oxygen atoms in total. The van der Waals surface area contributed by atoms with Crippen LogP contribution in [0, 0.1) is 17.0 Å². The molecule has 168 valence electrons. The number of amides is 2. The molecule has 32 heavy (non-hydrogen) atoms. The highest BCUT2D eigenvalue weighted by Crippen LogP contribution is 2.34. The van der Waals surface area contributed by atoms with Crippen LogP contribution in [0.2, 0.25) is 0 Å². The van der Waals surface area contributed by atoms with Crippen LogP contribution in [0.15, 0.2) is 42.5 Å². The Balaban J connectivity index is 1.50. The van der Waals surface area contributed by atoms with Gasteiger partial charge in [-0.05, 0) is 44.4 Å². The van der Waals surface area contributed by atoms with Gasteiger partial charge in [0, 0.05) is 19.2 Å². The number of carbonyl (C=O) groups excluding carboxylic acids is 2. The van der Waals surface area contributed by atoms with Gasteiger partial charge in [0.15, 0.2) is 6.10 Å². The zero-order valence-corrected chi connectivity index (χ0v) is 18.0. The molecule has 0 saturated carbocycles. The fourth-order valence-electron chi connectivity index (χ4n) is 4.22. The first-order valence-corrected chi connectivity index (χ1v) is 10.8. The molecular weight excluding hydrogens is 412 g/mol. The van der Waals surface area contributed by atoms with Crippen molar-refractivity contribution in [2.75, 3.05) is 36.4 Å². The average molecular weight is 438 g/mol. The Kier molecular flexibility index (Phi) is 6.25. The van der Waals surface area contributed by atoms with E-state index in [2.05, 4.69) is 5.32 Å². The number of nitro benzene ring substituents is 1. The molecule has 0 radical (unpaired) electrons. The van der Waals surface area contributed by atoms with Gasteiger partial charge in [-0.2, -0.15) is 0 Å². The molecule has 1 saturated heterocycles. The lowest BCUT2D eigenvalue weighted by atomic mass is 10.1. The Morgan fingerprint density at radius 1 is 1.12 bits per heavy atom. The largest absolute Gasteiger partial charge is 0.477 e. The molecule has 1 atom stereocenters. The highest BCUT2D eigenvalue weighted by atomic mass is 16.6. The number of carbonyl (C=O) groups is 2. The fourth-order valence-corrected chi connectivity index (χ4v) is 4.22. The van der Waals surface area contributed by atoms with Crippen molar-refractivity contribution in [3.8, 4) is 5.75 Å². The molecule has 0 aliphatic carbocycles. The van der Waals surface area contributed by atoms with Crippen LogP contribution < -0.4 is 15.0 Å². The summed E-state index contributed by atoms with van der Waals surface area (Å²) in [7, 11) is 0. The maximum absolute atomic E-state index is 13.0. The van der Waals surface area contributed by atoms with Crippen LogP contribution in [-0.4, -0.2) is 53.9 Å². The van der Waals surface area contributed by atoms with Gasteiger partial charge in [0.05, 0.1) is 35.0 Å². The van der Waals surface area contributed by atoms with Gasteiger partial charge in [0.1, 0.15) is 5.75 Å². The van der Waals surface area contributed by atoms with Crippen LogP contribution in [0.25, 0.3) is 0 Å². The lowest BCUT2D eigenvalue weighted by molar-refractivity contribution is -0.385. The second kappa shape index (κ2) is 9.25. The Bertz CT molecular complexity index is 1030. The van der Waals surface area contributed by atoms with E-state index >= 15 is 0 Å². The van der Waals surface area contributed by atoms with Crippen LogP contribution in [0.1, 0.15) is 24.8 Å². The minimum atomic E-state index is -0.685. The maximum Gasteiger partial charge on any atom is 0.274 e. The van der Waals surface area contributed by atoms with Crippen LogP contribution in [-0.2, 0) is 9.59 Å². The van der Waals surface area contributed by atoms with E-state index in [0.29, 0.717) is 17.0 Å². The van der Waals surface area contributed by atoms with Crippen molar-refractivity contribution in [2.45, 2.75) is 32.3 Å². The summed E-state index contributed by atoms with van der Waals surface area (Å²) in [5, 5.41) is 13.9. The third-order valence-corrected chi connectivity index (χ3v) is 5.92. The Morgan fingerprint density at radius 3 is 2.62 bits per heavy atom. The summed E-state index contributed by atoms with van der Waals surface area (Å²) in [5.74, 6) is 0.182. The van der Waals surface area contributed by atoms with Gasteiger partial charge in [-0.25, -0.2) is 0 Å². The van der Waals surface area contributed by atoms with Gasteiger partial charge in [0.25, 0.3) is 11.6 Å². The smallest absolute Gasteiger partial charge is 0.274 e. The molecule has 1 unspecified atom stereocenters. The van der Waals surface area contributed by atoms with E-state index < -0.39 is 11.0 Å². The molecule has 2 amide bonds. The van der Waals surface area contributed by atoms with Gasteiger partial charge in [0.2, 0.25) is 5.91 Å². The zero-order chi connectivity index (χ0) is 22.7. The van der Waals surface area contributed by atoms with E-state index in [9.17, 15) is 19.7 Å². The summed E-state index contributed by atoms with van der Waals surface area (Å²) in [6, 6.07) is 11.9. The number of likely N-dealkylation sites (tertiary alicyclic amines) is 1. The number of ether oxygens (including phenoxy) is 1. The monoisotopic (exact) mass is 438 g/mol. The summed E-state index contributed by atoms with van der Waals surface area (Å²) in [5.41, 5.74) is 1.48. The summed E-state index contributed by atoms with van der Waals surface area (Å²) >= 11 is 0. The lowest BCUT2D eigenvalue weighted by Crippen LogP contribution is -2.52. The van der Waals surface area contributed by atoms with Crippen molar-refractivity contribution in [1.29, 1.82) is 0 Å². The molecule has 9 heteroatoms. The topological polar surface area (TPSA) is 105 Å². The molecule has 0 spiro atoms. The molecule has 0 aromatic heterocycles. The lowest BCUT2D eigenvalue weighted by Gasteiger charge is -2.38. The van der Waals surface area contributed by atoms with E-state index in [4.69, 9.17) is 4.74 Å². The molecule has 2 aromatic carbocycles. The molecule has 1 N–H and O–H groups in total. The summed E-state index contributed by atoms with van der Waals surface area (Å²) in [6.45, 7) is 3.31. The first-order valence-electron chi connectivity index (χ1n) is 10.8. The SMILES string of the molecule is Cc1c(NC(=O)CN2CC(C(=O)N3CCCCC3)Oc3ccccc32)cccc1[N+](=O)[O-]. The van der Waals surface area contributed by atoms with E-state index in [0.717, 1.165) is 38.0 Å². The van der Waals surface area contributed by atoms with Crippen molar-refractivity contribution in [3.63, 3.8) is 0 Å².